The number of halogens is 1. The Morgan fingerprint density at radius 1 is 1.67 bits per heavy atom. The van der Waals surface area contributed by atoms with Gasteiger partial charge in [0, 0.05) is 20.5 Å². The third-order valence-corrected chi connectivity index (χ3v) is 1.74. The van der Waals surface area contributed by atoms with E-state index in [1.54, 1.807) is 19.0 Å². The van der Waals surface area contributed by atoms with Crippen molar-refractivity contribution in [3.05, 3.63) is 17.8 Å². The van der Waals surface area contributed by atoms with Gasteiger partial charge in [-0.3, -0.25) is 0 Å². The van der Waals surface area contributed by atoms with Crippen molar-refractivity contribution >= 4 is 18.3 Å². The van der Waals surface area contributed by atoms with Crippen molar-refractivity contribution in [1.29, 1.82) is 0 Å². The lowest BCUT2D eigenvalue weighted by molar-refractivity contribution is 0.0923. The molecule has 0 bridgehead atoms. The maximum atomic E-state index is 13.3. The zero-order valence-electron chi connectivity index (χ0n) is 10.00. The van der Waals surface area contributed by atoms with E-state index < -0.39 is 12.0 Å². The van der Waals surface area contributed by atoms with Crippen molar-refractivity contribution in [3.63, 3.8) is 0 Å². The van der Waals surface area contributed by atoms with Gasteiger partial charge in [-0.15, -0.1) is 0 Å². The van der Waals surface area contributed by atoms with E-state index in [-0.39, 0.29) is 24.7 Å². The molecular weight excluding hydrogens is 243 g/mol. The van der Waals surface area contributed by atoms with Crippen molar-refractivity contribution in [3.8, 4) is 0 Å². The Kier molecular flexibility index (Phi) is 4.97. The normalized spacial score (nSPS) is 10.6. The summed E-state index contributed by atoms with van der Waals surface area (Å²) in [5.41, 5.74) is 0. The molecule has 0 spiro atoms. The second-order valence-corrected chi connectivity index (χ2v) is 3.53. The Morgan fingerprint density at radius 3 is 3.00 bits per heavy atom. The number of nitrogens with zero attached hydrogens (tertiary/aromatic N) is 4. The van der Waals surface area contributed by atoms with Crippen molar-refractivity contribution in [2.75, 3.05) is 20.7 Å². The smallest absolute Gasteiger partial charge is 0.450 e. The number of rotatable bonds is 5. The highest BCUT2D eigenvalue weighted by molar-refractivity contribution is 5.59. The molecule has 0 atom stereocenters. The molecule has 0 fully saturated rings. The Balaban J connectivity index is 2.71. The number of carboxylic acid groups (broad SMARTS) is 1. The van der Waals surface area contributed by atoms with Crippen LogP contribution in [0.25, 0.3) is 0 Å². The summed E-state index contributed by atoms with van der Waals surface area (Å²) >= 11 is 0. The lowest BCUT2D eigenvalue weighted by Crippen LogP contribution is -2.09. The van der Waals surface area contributed by atoms with Gasteiger partial charge in [-0.2, -0.15) is 0 Å². The standard InChI is InChI=1S/C10H13FN4O3/c1-15(2)6-13-9-7(11)5-12-8(14-9)3-4-18-10(16)17/h5-6H,3-4H2,1-2H3,(H,16,17). The zero-order chi connectivity index (χ0) is 13.5. The van der Waals surface area contributed by atoms with Gasteiger partial charge in [-0.1, -0.05) is 0 Å². The van der Waals surface area contributed by atoms with Crippen LogP contribution < -0.4 is 0 Å². The van der Waals surface area contributed by atoms with Crippen molar-refractivity contribution in [2.24, 2.45) is 4.99 Å². The average Bonchev–Trinajstić information content (AvgIpc) is 2.29. The summed E-state index contributed by atoms with van der Waals surface area (Å²) in [7, 11) is 3.48. The summed E-state index contributed by atoms with van der Waals surface area (Å²) in [5, 5.41) is 8.28. The van der Waals surface area contributed by atoms with Crippen LogP contribution in [0.2, 0.25) is 0 Å². The first kappa shape index (κ1) is 13.8. The van der Waals surface area contributed by atoms with Crippen molar-refractivity contribution in [2.45, 2.75) is 6.42 Å². The summed E-state index contributed by atoms with van der Waals surface area (Å²) < 4.78 is 17.6. The van der Waals surface area contributed by atoms with Crippen LogP contribution in [0.1, 0.15) is 5.82 Å². The van der Waals surface area contributed by atoms with E-state index in [1.165, 1.54) is 6.34 Å². The minimum absolute atomic E-state index is 0.0855. The van der Waals surface area contributed by atoms with E-state index >= 15 is 0 Å². The van der Waals surface area contributed by atoms with Gasteiger partial charge in [0.15, 0.2) is 11.6 Å². The number of aliphatic imine (C=N–C) groups is 1. The lowest BCUT2D eigenvalue weighted by atomic mass is 10.4. The maximum Gasteiger partial charge on any atom is 0.505 e. The highest BCUT2D eigenvalue weighted by atomic mass is 19.1. The van der Waals surface area contributed by atoms with Crippen LogP contribution in [0.15, 0.2) is 11.2 Å². The van der Waals surface area contributed by atoms with Gasteiger partial charge in [0.05, 0.1) is 12.5 Å². The van der Waals surface area contributed by atoms with Crippen molar-refractivity contribution in [1.82, 2.24) is 14.9 Å². The Morgan fingerprint density at radius 2 is 2.39 bits per heavy atom. The molecule has 18 heavy (non-hydrogen) atoms. The number of hydrogen-bond acceptors (Lipinski definition) is 5. The second kappa shape index (κ2) is 6.48. The molecule has 0 radical (unpaired) electrons. The van der Waals surface area contributed by atoms with Crippen LogP contribution >= 0.6 is 0 Å². The van der Waals surface area contributed by atoms with E-state index in [1.807, 2.05) is 0 Å². The quantitative estimate of drug-likeness (QED) is 0.481. The van der Waals surface area contributed by atoms with Crippen LogP contribution in [0.5, 0.6) is 0 Å². The molecule has 1 N–H and O–H groups in total. The average molecular weight is 256 g/mol. The first-order valence-corrected chi connectivity index (χ1v) is 5.07. The number of aromatic nitrogens is 2. The highest BCUT2D eigenvalue weighted by Gasteiger charge is 2.06. The molecule has 0 saturated heterocycles. The topological polar surface area (TPSA) is 87.9 Å². The van der Waals surface area contributed by atoms with Crippen LogP contribution in [0.3, 0.4) is 0 Å². The third kappa shape index (κ3) is 4.73. The molecule has 0 aromatic carbocycles. The number of carbonyl (C=O) groups is 1. The number of hydrogen-bond donors (Lipinski definition) is 1. The second-order valence-electron chi connectivity index (χ2n) is 3.53. The summed E-state index contributed by atoms with van der Waals surface area (Å²) in [6.45, 7) is -0.0855. The van der Waals surface area contributed by atoms with Gasteiger partial charge in [0.1, 0.15) is 12.4 Å². The van der Waals surface area contributed by atoms with E-state index in [2.05, 4.69) is 19.7 Å². The van der Waals surface area contributed by atoms with Crippen LogP contribution in [0.4, 0.5) is 15.0 Å². The van der Waals surface area contributed by atoms with Crippen LogP contribution in [-0.4, -0.2) is 53.2 Å². The molecule has 1 heterocycles. The maximum absolute atomic E-state index is 13.3. The Bertz CT molecular complexity index is 451. The van der Waals surface area contributed by atoms with Gasteiger partial charge < -0.3 is 14.7 Å². The fourth-order valence-corrected chi connectivity index (χ4v) is 1.00. The molecule has 1 aromatic heterocycles. The molecule has 7 nitrogen and oxygen atoms in total. The van der Waals surface area contributed by atoms with Gasteiger partial charge in [-0.05, 0) is 0 Å². The molecule has 1 aromatic rings. The van der Waals surface area contributed by atoms with Gasteiger partial charge in [-0.25, -0.2) is 24.1 Å². The largest absolute Gasteiger partial charge is 0.505 e. The molecule has 1 rings (SSSR count). The zero-order valence-corrected chi connectivity index (χ0v) is 10.00. The van der Waals surface area contributed by atoms with E-state index in [0.29, 0.717) is 0 Å². The minimum Gasteiger partial charge on any atom is -0.450 e. The minimum atomic E-state index is -1.37. The monoisotopic (exact) mass is 256 g/mol. The van der Waals surface area contributed by atoms with Gasteiger partial charge >= 0.3 is 6.16 Å². The SMILES string of the molecule is CN(C)C=Nc1nc(CCOC(=O)O)ncc1F. The summed E-state index contributed by atoms with van der Waals surface area (Å²) in [6.07, 6.45) is 1.19. The summed E-state index contributed by atoms with van der Waals surface area (Å²) in [4.78, 5) is 23.2. The van der Waals surface area contributed by atoms with Gasteiger partial charge in [0.25, 0.3) is 0 Å². The van der Waals surface area contributed by atoms with Crippen molar-refractivity contribution < 1.29 is 19.0 Å². The van der Waals surface area contributed by atoms with E-state index in [4.69, 9.17) is 5.11 Å². The van der Waals surface area contributed by atoms with Gasteiger partial charge in [0.2, 0.25) is 0 Å². The molecule has 0 aliphatic rings. The molecule has 98 valence electrons. The van der Waals surface area contributed by atoms with E-state index in [0.717, 1.165) is 6.20 Å². The van der Waals surface area contributed by atoms with Crippen LogP contribution in [0, 0.1) is 5.82 Å². The Hall–Kier alpha value is -2.25. The first-order chi connectivity index (χ1) is 8.49. The summed E-state index contributed by atoms with van der Waals surface area (Å²) in [5.74, 6) is -0.469. The predicted molar refractivity (Wildman–Crippen MR) is 61.5 cm³/mol. The molecule has 0 aliphatic heterocycles. The third-order valence-electron chi connectivity index (χ3n) is 1.74. The molecule has 8 heteroatoms. The molecular formula is C10H13FN4O3. The fraction of sp³-hybridized carbons (Fsp3) is 0.400. The Labute approximate surface area is 103 Å². The fourth-order valence-electron chi connectivity index (χ4n) is 1.00. The predicted octanol–water partition coefficient (Wildman–Crippen LogP) is 1.07. The first-order valence-electron chi connectivity index (χ1n) is 5.07. The van der Waals surface area contributed by atoms with Crippen LogP contribution in [-0.2, 0) is 11.2 Å². The molecule has 0 unspecified atom stereocenters. The highest BCUT2D eigenvalue weighted by Crippen LogP contribution is 2.12. The molecule has 0 aliphatic carbocycles. The lowest BCUT2D eigenvalue weighted by Gasteiger charge is -2.04. The number of ether oxygens (including phenoxy) is 1. The molecule has 0 saturated carbocycles. The molecule has 0 amide bonds. The summed E-state index contributed by atoms with van der Waals surface area (Å²) in [6, 6.07) is 0. The van der Waals surface area contributed by atoms with E-state index in [9.17, 15) is 9.18 Å².